The number of carboxylic acid groups (broad SMARTS) is 1. The van der Waals surface area contributed by atoms with Gasteiger partial charge in [0.25, 0.3) is 5.56 Å². The van der Waals surface area contributed by atoms with Gasteiger partial charge in [-0.1, -0.05) is 30.7 Å². The number of carbonyl (C=O) groups is 3. The van der Waals surface area contributed by atoms with E-state index in [0.29, 0.717) is 16.3 Å². The molecule has 39 heavy (non-hydrogen) atoms. The Morgan fingerprint density at radius 3 is 2.38 bits per heavy atom. The van der Waals surface area contributed by atoms with Crippen molar-refractivity contribution in [1.82, 2.24) is 4.57 Å². The number of nitrogens with zero attached hydrogens (tertiary/aromatic N) is 1. The molecule has 0 aliphatic rings. The molecule has 9 nitrogen and oxygen atoms in total. The van der Waals surface area contributed by atoms with Crippen LogP contribution in [0.1, 0.15) is 75.3 Å². The van der Waals surface area contributed by atoms with Gasteiger partial charge < -0.3 is 20.3 Å². The Labute approximate surface area is 232 Å². The topological polar surface area (TPSA) is 135 Å². The van der Waals surface area contributed by atoms with Gasteiger partial charge in [-0.3, -0.25) is 19.0 Å². The predicted octanol–water partition coefficient (Wildman–Crippen LogP) is 5.40. The number of aromatic nitrogens is 1. The van der Waals surface area contributed by atoms with Gasteiger partial charge in [-0.25, -0.2) is 4.79 Å². The van der Waals surface area contributed by atoms with Crippen LogP contribution in [0.15, 0.2) is 64.6 Å². The summed E-state index contributed by atoms with van der Waals surface area (Å²) in [7, 11) is 0. The number of rotatable bonds is 12. The first-order chi connectivity index (χ1) is 18.2. The largest absolute Gasteiger partial charge is 0.506 e. The van der Waals surface area contributed by atoms with E-state index >= 15 is 0 Å². The van der Waals surface area contributed by atoms with Crippen LogP contribution >= 0.6 is 11.6 Å². The number of benzene rings is 1. The zero-order valence-corrected chi connectivity index (χ0v) is 23.5. The smallest absolute Gasteiger partial charge is 0.335 e. The van der Waals surface area contributed by atoms with Crippen molar-refractivity contribution in [2.75, 3.05) is 11.9 Å². The lowest BCUT2D eigenvalue weighted by Gasteiger charge is -2.24. The number of halogens is 1. The number of hydrogen-bond donors (Lipinski definition) is 3. The van der Waals surface area contributed by atoms with Gasteiger partial charge in [-0.05, 0) is 58.0 Å². The molecule has 210 valence electrons. The number of nitrogens with one attached hydrogen (secondary N) is 1. The average Bonchev–Trinajstić information content (AvgIpc) is 2.82. The van der Waals surface area contributed by atoms with E-state index in [2.05, 4.69) is 5.32 Å². The monoisotopic (exact) mass is 558 g/mol. The fourth-order valence-electron chi connectivity index (χ4n) is 3.68. The lowest BCUT2D eigenvalue weighted by atomic mass is 10.00. The van der Waals surface area contributed by atoms with Crippen molar-refractivity contribution in [3.63, 3.8) is 0 Å². The maximum Gasteiger partial charge on any atom is 0.335 e. The first-order valence-corrected chi connectivity index (χ1v) is 12.8. The predicted molar refractivity (Wildman–Crippen MR) is 151 cm³/mol. The van der Waals surface area contributed by atoms with Crippen molar-refractivity contribution >= 4 is 34.9 Å². The second kappa shape index (κ2) is 13.9. The van der Waals surface area contributed by atoms with Gasteiger partial charge >= 0.3 is 5.97 Å². The molecule has 2 aromatic rings. The molecule has 1 amide bonds. The van der Waals surface area contributed by atoms with E-state index < -0.39 is 35.0 Å². The van der Waals surface area contributed by atoms with E-state index in [1.165, 1.54) is 43.5 Å². The quantitative estimate of drug-likeness (QED) is 0.297. The summed E-state index contributed by atoms with van der Waals surface area (Å²) in [6.45, 7) is 8.99. The van der Waals surface area contributed by atoms with E-state index in [-0.39, 0.29) is 36.5 Å². The minimum absolute atomic E-state index is 0.00575. The number of aromatic hydroxyl groups is 1. The number of Topliss-reactive ketones (excluding diaryl/α,β-unsaturated/α-hetero) is 1. The number of aromatic carboxylic acids is 1. The Balaban J connectivity index is 2.36. The summed E-state index contributed by atoms with van der Waals surface area (Å²) in [4.78, 5) is 48.7. The van der Waals surface area contributed by atoms with Gasteiger partial charge in [0.05, 0.1) is 17.4 Å². The van der Waals surface area contributed by atoms with Crippen molar-refractivity contribution in [2.45, 2.75) is 65.0 Å². The highest BCUT2D eigenvalue weighted by atomic mass is 35.5. The van der Waals surface area contributed by atoms with Crippen LogP contribution in [-0.2, 0) is 14.3 Å². The lowest BCUT2D eigenvalue weighted by molar-refractivity contribution is -0.120. The van der Waals surface area contributed by atoms with Crippen LogP contribution in [0.25, 0.3) is 0 Å². The maximum atomic E-state index is 13.3. The number of ketones is 1. The zero-order chi connectivity index (χ0) is 29.3. The minimum Gasteiger partial charge on any atom is -0.506 e. The molecule has 2 atom stereocenters. The number of hydrogen-bond acceptors (Lipinski definition) is 6. The van der Waals surface area contributed by atoms with Gasteiger partial charge in [0.1, 0.15) is 17.6 Å². The summed E-state index contributed by atoms with van der Waals surface area (Å²) in [5.74, 6) is -2.27. The molecular weight excluding hydrogens is 524 g/mol. The SMILES string of the molecule is CC(=O)C/C=C\C(Cl)=C/C(C)c1cc(=O)n([C@H](CCOC(C)(C)C)C(=O)Nc2ccc(C(=O)O)cc2)cc1O. The van der Waals surface area contributed by atoms with E-state index in [0.717, 1.165) is 4.57 Å². The van der Waals surface area contributed by atoms with Crippen LogP contribution < -0.4 is 10.9 Å². The fourth-order valence-corrected chi connectivity index (χ4v) is 3.95. The molecule has 0 bridgehead atoms. The number of ether oxygens (including phenoxy) is 1. The third-order valence-corrected chi connectivity index (χ3v) is 5.89. The highest BCUT2D eigenvalue weighted by Gasteiger charge is 2.25. The van der Waals surface area contributed by atoms with Crippen molar-refractivity contribution in [3.8, 4) is 5.75 Å². The first kappa shape index (κ1) is 31.5. The summed E-state index contributed by atoms with van der Waals surface area (Å²) >= 11 is 6.22. The van der Waals surface area contributed by atoms with Crippen LogP contribution in [-0.4, -0.2) is 44.6 Å². The zero-order valence-electron chi connectivity index (χ0n) is 22.7. The second-order valence-corrected chi connectivity index (χ2v) is 10.6. The highest BCUT2D eigenvalue weighted by Crippen LogP contribution is 2.28. The molecule has 1 unspecified atom stereocenters. The van der Waals surface area contributed by atoms with Gasteiger partial charge in [0.15, 0.2) is 0 Å². The van der Waals surface area contributed by atoms with Crippen LogP contribution in [0.3, 0.4) is 0 Å². The van der Waals surface area contributed by atoms with Crippen LogP contribution in [0.2, 0.25) is 0 Å². The molecule has 1 aromatic heterocycles. The average molecular weight is 559 g/mol. The second-order valence-electron chi connectivity index (χ2n) is 10.1. The Bertz CT molecular complexity index is 1300. The van der Waals surface area contributed by atoms with Gasteiger partial charge in [0.2, 0.25) is 5.91 Å². The van der Waals surface area contributed by atoms with Crippen LogP contribution in [0.4, 0.5) is 5.69 Å². The molecule has 1 aromatic carbocycles. The number of allylic oxidation sites excluding steroid dienone is 4. The normalized spacial score (nSPS) is 13.7. The molecule has 0 radical (unpaired) electrons. The summed E-state index contributed by atoms with van der Waals surface area (Å²) in [6.07, 6.45) is 6.44. The maximum absolute atomic E-state index is 13.3. The minimum atomic E-state index is -1.09. The third kappa shape index (κ3) is 10.2. The number of carbonyl (C=O) groups excluding carboxylic acids is 2. The molecule has 3 N–H and O–H groups in total. The van der Waals surface area contributed by atoms with E-state index in [1.807, 2.05) is 20.8 Å². The molecule has 2 rings (SSSR count). The molecule has 0 aliphatic heterocycles. The summed E-state index contributed by atoms with van der Waals surface area (Å²) in [5.41, 5.74) is -0.235. The molecule has 10 heteroatoms. The fraction of sp³-hybridized carbons (Fsp3) is 0.379. The Morgan fingerprint density at radius 2 is 1.82 bits per heavy atom. The highest BCUT2D eigenvalue weighted by molar-refractivity contribution is 6.31. The van der Waals surface area contributed by atoms with Crippen molar-refractivity contribution in [1.29, 1.82) is 0 Å². The van der Waals surface area contributed by atoms with Crippen LogP contribution in [0, 0.1) is 0 Å². The number of anilines is 1. The Hall–Kier alpha value is -3.69. The van der Waals surface area contributed by atoms with Gasteiger partial charge in [-0.2, -0.15) is 0 Å². The number of carboxylic acids is 1. The van der Waals surface area contributed by atoms with Gasteiger partial charge in [-0.15, -0.1) is 0 Å². The molecule has 0 spiro atoms. The third-order valence-electron chi connectivity index (χ3n) is 5.64. The summed E-state index contributed by atoms with van der Waals surface area (Å²) in [5, 5.41) is 22.9. The van der Waals surface area contributed by atoms with Gasteiger partial charge in [0, 0.05) is 47.7 Å². The van der Waals surface area contributed by atoms with E-state index in [9.17, 15) is 24.3 Å². The van der Waals surface area contributed by atoms with Crippen LogP contribution in [0.5, 0.6) is 5.75 Å². The van der Waals surface area contributed by atoms with E-state index in [1.54, 1.807) is 25.2 Å². The first-order valence-electron chi connectivity index (χ1n) is 12.4. The molecule has 0 saturated heterocycles. The molecule has 0 aliphatic carbocycles. The number of pyridine rings is 1. The molecule has 1 heterocycles. The molecular formula is C29H35ClN2O7. The Kier molecular flexibility index (Phi) is 11.2. The Morgan fingerprint density at radius 1 is 1.18 bits per heavy atom. The standard InChI is InChI=1S/C29H35ClN2O7/c1-18(15-21(30)8-6-7-19(2)33)23-16-26(35)32(17-25(23)34)24(13-14-39-29(3,4)5)27(36)31-22-11-9-20(10-12-22)28(37)38/h6,8-12,15-18,24,34H,7,13-14H2,1-5H3,(H,31,36)(H,37,38)/b8-6-,21-15+/t18?,24-/m1/s1. The molecule has 0 saturated carbocycles. The van der Waals surface area contributed by atoms with Crippen molar-refractivity contribution < 1.29 is 29.3 Å². The molecule has 0 fully saturated rings. The summed E-state index contributed by atoms with van der Waals surface area (Å²) < 4.78 is 6.92. The van der Waals surface area contributed by atoms with Crippen molar-refractivity contribution in [3.05, 3.63) is 81.3 Å². The van der Waals surface area contributed by atoms with Crippen molar-refractivity contribution in [2.24, 2.45) is 0 Å². The lowest BCUT2D eigenvalue weighted by Crippen LogP contribution is -2.34. The number of amides is 1. The summed E-state index contributed by atoms with van der Waals surface area (Å²) in [6, 6.07) is 5.86. The van der Waals surface area contributed by atoms with E-state index in [4.69, 9.17) is 21.4 Å².